The van der Waals surface area contributed by atoms with Crippen molar-refractivity contribution in [2.24, 2.45) is 5.92 Å². The lowest BCUT2D eigenvalue weighted by molar-refractivity contribution is -0.141. The molecule has 0 saturated carbocycles. The lowest BCUT2D eigenvalue weighted by atomic mass is 9.89. The van der Waals surface area contributed by atoms with Crippen LogP contribution in [0.25, 0.3) is 0 Å². The Balaban J connectivity index is 2.11. The molecule has 1 saturated heterocycles. The van der Waals surface area contributed by atoms with Gasteiger partial charge in [-0.15, -0.1) is 0 Å². The molecule has 0 radical (unpaired) electrons. The van der Waals surface area contributed by atoms with Crippen molar-refractivity contribution in [2.45, 2.75) is 84.8 Å². The number of rotatable bonds is 3. The second-order valence-corrected chi connectivity index (χ2v) is 8.01. The fraction of sp³-hybridized carbons (Fsp3) is 0.682. The van der Waals surface area contributed by atoms with E-state index in [0.29, 0.717) is 12.7 Å². The maximum atomic E-state index is 11.1. The Morgan fingerprint density at radius 1 is 1.28 bits per heavy atom. The van der Waals surface area contributed by atoms with E-state index in [0.717, 1.165) is 38.5 Å². The minimum Gasteiger partial charge on any atom is -0.465 e. The number of allylic oxidation sites excluding steroid dienone is 5. The molecule has 1 heterocycles. The highest BCUT2D eigenvalue weighted by Crippen LogP contribution is 2.44. The van der Waals surface area contributed by atoms with Crippen LogP contribution in [0, 0.1) is 5.92 Å². The fourth-order valence-electron chi connectivity index (χ4n) is 3.45. The van der Waals surface area contributed by atoms with Gasteiger partial charge in [-0.3, -0.25) is 4.79 Å². The lowest BCUT2D eigenvalue weighted by Crippen LogP contribution is -2.15. The molecule has 0 N–H and O–H groups in total. The standard InChI is InChI=1S/C22H34O3/c1-16-7-6-8-17(2)10-12-21-22(5,25-21)14-13-20(11-9-16)18(3)15-24-19(4)23/h8-9,11,18,21H,6-7,10,12-15H2,1-5H3/b16-9+,17-8+,20-11+/t18-,21+,22+/m0/s1. The van der Waals surface area contributed by atoms with Crippen LogP contribution in [0.15, 0.2) is 34.9 Å². The van der Waals surface area contributed by atoms with E-state index >= 15 is 0 Å². The molecule has 0 aromatic carbocycles. The summed E-state index contributed by atoms with van der Waals surface area (Å²) in [5, 5.41) is 0. The van der Waals surface area contributed by atoms with Crippen molar-refractivity contribution in [1.29, 1.82) is 0 Å². The van der Waals surface area contributed by atoms with Gasteiger partial charge < -0.3 is 9.47 Å². The van der Waals surface area contributed by atoms with Crippen molar-refractivity contribution < 1.29 is 14.3 Å². The van der Waals surface area contributed by atoms with Gasteiger partial charge in [-0.25, -0.2) is 0 Å². The van der Waals surface area contributed by atoms with Crippen LogP contribution in [-0.4, -0.2) is 24.3 Å². The zero-order valence-electron chi connectivity index (χ0n) is 16.6. The molecule has 1 aliphatic heterocycles. The smallest absolute Gasteiger partial charge is 0.302 e. The molecule has 0 aromatic heterocycles. The number of epoxide rings is 1. The third-order valence-electron chi connectivity index (χ3n) is 5.53. The van der Waals surface area contributed by atoms with Gasteiger partial charge in [0.15, 0.2) is 0 Å². The van der Waals surface area contributed by atoms with Crippen LogP contribution in [0.5, 0.6) is 0 Å². The van der Waals surface area contributed by atoms with Crippen molar-refractivity contribution in [3.63, 3.8) is 0 Å². The fourth-order valence-corrected chi connectivity index (χ4v) is 3.45. The molecule has 2 aliphatic rings. The van der Waals surface area contributed by atoms with Gasteiger partial charge in [-0.05, 0) is 59.3 Å². The van der Waals surface area contributed by atoms with E-state index < -0.39 is 0 Å². The molecule has 3 atom stereocenters. The first-order chi connectivity index (χ1) is 11.8. The highest BCUT2D eigenvalue weighted by molar-refractivity contribution is 5.65. The van der Waals surface area contributed by atoms with Gasteiger partial charge in [-0.1, -0.05) is 41.9 Å². The van der Waals surface area contributed by atoms with Crippen LogP contribution in [0.2, 0.25) is 0 Å². The number of hydrogen-bond acceptors (Lipinski definition) is 3. The summed E-state index contributed by atoms with van der Waals surface area (Å²) in [4.78, 5) is 11.1. The minimum absolute atomic E-state index is 0.0173. The van der Waals surface area contributed by atoms with Gasteiger partial charge in [0.1, 0.15) is 0 Å². The van der Waals surface area contributed by atoms with E-state index in [9.17, 15) is 4.79 Å². The van der Waals surface area contributed by atoms with E-state index in [1.807, 2.05) is 0 Å². The van der Waals surface area contributed by atoms with Crippen LogP contribution in [0.4, 0.5) is 0 Å². The van der Waals surface area contributed by atoms with Gasteiger partial charge in [0, 0.05) is 12.8 Å². The van der Waals surface area contributed by atoms with Crippen molar-refractivity contribution in [1.82, 2.24) is 0 Å². The molecule has 0 aromatic rings. The molecule has 0 spiro atoms. The van der Waals surface area contributed by atoms with Gasteiger partial charge in [0.25, 0.3) is 0 Å². The summed E-state index contributed by atoms with van der Waals surface area (Å²) in [6.07, 6.45) is 13.7. The summed E-state index contributed by atoms with van der Waals surface area (Å²) < 4.78 is 11.2. The minimum atomic E-state index is -0.209. The van der Waals surface area contributed by atoms with Crippen molar-refractivity contribution in [2.75, 3.05) is 6.61 Å². The number of ether oxygens (including phenoxy) is 2. The highest BCUT2D eigenvalue weighted by Gasteiger charge is 2.50. The van der Waals surface area contributed by atoms with Crippen LogP contribution < -0.4 is 0 Å². The predicted octanol–water partition coefficient (Wildman–Crippen LogP) is 5.52. The molecule has 140 valence electrons. The number of fused-ring (bicyclic) bond motifs is 1. The third kappa shape index (κ3) is 6.47. The Labute approximate surface area is 153 Å². The third-order valence-corrected chi connectivity index (χ3v) is 5.53. The van der Waals surface area contributed by atoms with E-state index in [4.69, 9.17) is 9.47 Å². The average Bonchev–Trinajstić information content (AvgIpc) is 3.20. The normalized spacial score (nSPS) is 35.6. The molecule has 25 heavy (non-hydrogen) atoms. The Morgan fingerprint density at radius 2 is 2.04 bits per heavy atom. The quantitative estimate of drug-likeness (QED) is 0.384. The zero-order chi connectivity index (χ0) is 18.4. The first kappa shape index (κ1) is 20.0. The lowest BCUT2D eigenvalue weighted by Gasteiger charge is -2.17. The molecular weight excluding hydrogens is 312 g/mol. The van der Waals surface area contributed by atoms with Crippen molar-refractivity contribution in [3.8, 4) is 0 Å². The largest absolute Gasteiger partial charge is 0.465 e. The molecule has 0 unspecified atom stereocenters. The molecule has 1 fully saturated rings. The Kier molecular flexibility index (Phi) is 7.06. The number of hydrogen-bond donors (Lipinski definition) is 0. The predicted molar refractivity (Wildman–Crippen MR) is 102 cm³/mol. The average molecular weight is 347 g/mol. The van der Waals surface area contributed by atoms with E-state index in [-0.39, 0.29) is 17.5 Å². The second-order valence-electron chi connectivity index (χ2n) is 8.01. The van der Waals surface area contributed by atoms with E-state index in [1.165, 1.54) is 23.6 Å². The summed E-state index contributed by atoms with van der Waals surface area (Å²) in [6, 6.07) is 0. The molecule has 2 rings (SSSR count). The summed E-state index contributed by atoms with van der Waals surface area (Å²) in [6.45, 7) is 10.7. The zero-order valence-corrected chi connectivity index (χ0v) is 16.6. The van der Waals surface area contributed by atoms with E-state index in [1.54, 1.807) is 0 Å². The first-order valence-corrected chi connectivity index (χ1v) is 9.63. The van der Waals surface area contributed by atoms with E-state index in [2.05, 4.69) is 45.9 Å². The summed E-state index contributed by atoms with van der Waals surface area (Å²) in [5.74, 6) is 0.0311. The number of esters is 1. The van der Waals surface area contributed by atoms with Gasteiger partial charge in [0.2, 0.25) is 0 Å². The number of carbonyl (C=O) groups excluding carboxylic acids is 1. The van der Waals surface area contributed by atoms with Crippen LogP contribution in [0.3, 0.4) is 0 Å². The second kappa shape index (κ2) is 8.84. The molecule has 0 amide bonds. The number of carbonyl (C=O) groups is 1. The Morgan fingerprint density at radius 3 is 2.76 bits per heavy atom. The van der Waals surface area contributed by atoms with Crippen LogP contribution in [0.1, 0.15) is 73.1 Å². The highest BCUT2D eigenvalue weighted by atomic mass is 16.6. The maximum absolute atomic E-state index is 11.1. The van der Waals surface area contributed by atoms with Crippen LogP contribution in [-0.2, 0) is 14.3 Å². The Bertz CT molecular complexity index is 570. The topological polar surface area (TPSA) is 38.8 Å². The molecule has 3 heteroatoms. The monoisotopic (exact) mass is 346 g/mol. The summed E-state index contributed by atoms with van der Waals surface area (Å²) in [7, 11) is 0. The van der Waals surface area contributed by atoms with Crippen LogP contribution >= 0.6 is 0 Å². The van der Waals surface area contributed by atoms with Crippen molar-refractivity contribution >= 4 is 5.97 Å². The Hall–Kier alpha value is -1.35. The maximum Gasteiger partial charge on any atom is 0.302 e. The summed E-state index contributed by atoms with van der Waals surface area (Å²) >= 11 is 0. The molecular formula is C22H34O3. The molecule has 0 bridgehead atoms. The summed E-state index contributed by atoms with van der Waals surface area (Å²) in [5.41, 5.74) is 4.24. The van der Waals surface area contributed by atoms with Gasteiger partial charge in [0.05, 0.1) is 18.3 Å². The van der Waals surface area contributed by atoms with Gasteiger partial charge >= 0.3 is 5.97 Å². The SMILES string of the molecule is CC(=O)OC[C@H](C)/C1=C/C=C(\C)CC/C=C(\C)CC[C@H]2O[C@]2(C)CC1. The molecule has 3 nitrogen and oxygen atoms in total. The molecule has 1 aliphatic carbocycles. The van der Waals surface area contributed by atoms with Crippen molar-refractivity contribution in [3.05, 3.63) is 34.9 Å². The van der Waals surface area contributed by atoms with Gasteiger partial charge in [-0.2, -0.15) is 0 Å². The first-order valence-electron chi connectivity index (χ1n) is 9.63.